The molecule has 0 aliphatic rings. The number of carboxylic acid groups (broad SMARTS) is 1. The van der Waals surface area contributed by atoms with Crippen molar-refractivity contribution in [3.8, 4) is 0 Å². The van der Waals surface area contributed by atoms with Gasteiger partial charge in [0, 0.05) is 6.42 Å². The Hall–Kier alpha value is -1.69. The van der Waals surface area contributed by atoms with Crippen molar-refractivity contribution in [2.45, 2.75) is 58.9 Å². The molecule has 0 aromatic heterocycles. The lowest BCUT2D eigenvalue weighted by Crippen LogP contribution is -2.43. The van der Waals surface area contributed by atoms with Crippen LogP contribution < -0.4 is 5.32 Å². The number of carbonyl (C=O) groups is 2. The SMILES string of the molecule is CC=CCCC(C)=CCCC(C)=CCC(=O)N[C@@H](CP(=O)(O)O)C(=O)O. The molecule has 0 heterocycles. The molecule has 0 radical (unpaired) electrons. The Morgan fingerprint density at radius 1 is 1.08 bits per heavy atom. The van der Waals surface area contributed by atoms with E-state index in [1.54, 1.807) is 6.08 Å². The molecule has 4 N–H and O–H groups in total. The lowest BCUT2D eigenvalue weighted by Gasteiger charge is -2.14. The van der Waals surface area contributed by atoms with E-state index in [4.69, 9.17) is 14.9 Å². The van der Waals surface area contributed by atoms with Gasteiger partial charge in [-0.25, -0.2) is 4.79 Å². The summed E-state index contributed by atoms with van der Waals surface area (Å²) < 4.78 is 10.9. The Balaban J connectivity index is 4.38. The summed E-state index contributed by atoms with van der Waals surface area (Å²) in [6.07, 6.45) is 10.8. The molecule has 0 rings (SSSR count). The highest BCUT2D eigenvalue weighted by Crippen LogP contribution is 2.34. The van der Waals surface area contributed by atoms with Crippen molar-refractivity contribution in [2.75, 3.05) is 6.16 Å². The largest absolute Gasteiger partial charge is 0.480 e. The van der Waals surface area contributed by atoms with Crippen LogP contribution in [0.2, 0.25) is 0 Å². The summed E-state index contributed by atoms with van der Waals surface area (Å²) in [6.45, 7) is 5.97. The lowest BCUT2D eigenvalue weighted by molar-refractivity contribution is -0.141. The quantitative estimate of drug-likeness (QED) is 0.301. The molecule has 0 saturated heterocycles. The van der Waals surface area contributed by atoms with Crippen molar-refractivity contribution < 1.29 is 29.0 Å². The molecule has 0 unspecified atom stereocenters. The Morgan fingerprint density at radius 2 is 1.65 bits per heavy atom. The molecular weight excluding hydrogens is 357 g/mol. The second-order valence-electron chi connectivity index (χ2n) is 6.26. The zero-order chi connectivity index (χ0) is 20.2. The third-order valence-electron chi connectivity index (χ3n) is 3.66. The first-order valence-corrected chi connectivity index (χ1v) is 10.3. The topological polar surface area (TPSA) is 124 Å². The second-order valence-corrected chi connectivity index (χ2v) is 7.95. The smallest absolute Gasteiger partial charge is 0.328 e. The molecule has 7 nitrogen and oxygen atoms in total. The predicted octanol–water partition coefficient (Wildman–Crippen LogP) is 3.15. The summed E-state index contributed by atoms with van der Waals surface area (Å²) in [5.41, 5.74) is 2.31. The highest BCUT2D eigenvalue weighted by Gasteiger charge is 2.28. The van der Waals surface area contributed by atoms with E-state index < -0.39 is 31.7 Å². The van der Waals surface area contributed by atoms with Crippen molar-refractivity contribution in [3.05, 3.63) is 35.5 Å². The van der Waals surface area contributed by atoms with E-state index in [-0.39, 0.29) is 6.42 Å². The normalized spacial score (nSPS) is 14.5. The standard InChI is InChI=1S/C18H30NO6P/c1-4-5-6-8-14(2)9-7-10-15(3)11-12-17(20)19-16(18(21)22)13-26(23,24)25/h4-5,9,11,16H,6-8,10,12-13H2,1-3H3,(H,19,20)(H,21,22)(H2,23,24,25)/t16-/m0/s1. The van der Waals surface area contributed by atoms with Crippen LogP contribution in [-0.2, 0) is 14.2 Å². The second kappa shape index (κ2) is 12.6. The minimum Gasteiger partial charge on any atom is -0.480 e. The van der Waals surface area contributed by atoms with Gasteiger partial charge in [-0.05, 0) is 46.5 Å². The Labute approximate surface area is 155 Å². The Morgan fingerprint density at radius 3 is 2.19 bits per heavy atom. The molecule has 0 fully saturated rings. The third kappa shape index (κ3) is 13.6. The van der Waals surface area contributed by atoms with E-state index in [9.17, 15) is 14.2 Å². The van der Waals surface area contributed by atoms with E-state index in [1.807, 2.05) is 19.9 Å². The fourth-order valence-corrected chi connectivity index (χ4v) is 2.89. The predicted molar refractivity (Wildman–Crippen MR) is 102 cm³/mol. The molecule has 0 aliphatic carbocycles. The molecule has 1 amide bonds. The first-order chi connectivity index (χ1) is 12.0. The number of aliphatic carboxylic acids is 1. The molecule has 0 saturated carbocycles. The van der Waals surface area contributed by atoms with Crippen molar-refractivity contribution >= 4 is 19.5 Å². The van der Waals surface area contributed by atoms with E-state index >= 15 is 0 Å². The third-order valence-corrected chi connectivity index (χ3v) is 4.50. The Kier molecular flexibility index (Phi) is 11.8. The number of carboxylic acids is 1. The van der Waals surface area contributed by atoms with Gasteiger partial charge in [-0.2, -0.15) is 0 Å². The average molecular weight is 387 g/mol. The number of carbonyl (C=O) groups excluding carboxylic acids is 1. The minimum atomic E-state index is -4.53. The summed E-state index contributed by atoms with van der Waals surface area (Å²) in [5, 5.41) is 11.1. The monoisotopic (exact) mass is 387 g/mol. The summed E-state index contributed by atoms with van der Waals surface area (Å²) >= 11 is 0. The van der Waals surface area contributed by atoms with Gasteiger partial charge in [0.2, 0.25) is 5.91 Å². The van der Waals surface area contributed by atoms with Crippen LogP contribution in [0, 0.1) is 0 Å². The van der Waals surface area contributed by atoms with Gasteiger partial charge >= 0.3 is 13.6 Å². The summed E-state index contributed by atoms with van der Waals surface area (Å²) in [6, 6.07) is -1.60. The van der Waals surface area contributed by atoms with Crippen molar-refractivity contribution in [1.29, 1.82) is 0 Å². The van der Waals surface area contributed by atoms with Crippen LogP contribution in [-0.4, -0.2) is 39.0 Å². The maximum atomic E-state index is 11.8. The number of hydrogen-bond donors (Lipinski definition) is 4. The van der Waals surface area contributed by atoms with E-state index in [0.29, 0.717) is 0 Å². The molecule has 0 bridgehead atoms. The van der Waals surface area contributed by atoms with Crippen molar-refractivity contribution in [2.24, 2.45) is 0 Å². The van der Waals surface area contributed by atoms with Gasteiger partial charge in [0.05, 0.1) is 6.16 Å². The van der Waals surface area contributed by atoms with E-state index in [2.05, 4.69) is 24.4 Å². The number of rotatable bonds is 12. The molecule has 8 heteroatoms. The van der Waals surface area contributed by atoms with Gasteiger partial charge in [0.1, 0.15) is 6.04 Å². The number of allylic oxidation sites excluding steroid dienone is 5. The van der Waals surface area contributed by atoms with Crippen LogP contribution in [0.3, 0.4) is 0 Å². The first kappa shape index (κ1) is 24.3. The zero-order valence-corrected chi connectivity index (χ0v) is 16.5. The highest BCUT2D eigenvalue weighted by molar-refractivity contribution is 7.51. The fraction of sp³-hybridized carbons (Fsp3) is 0.556. The molecule has 0 aromatic carbocycles. The maximum absolute atomic E-state index is 11.8. The molecule has 0 aliphatic heterocycles. The van der Waals surface area contributed by atoms with Crippen LogP contribution in [0.1, 0.15) is 52.9 Å². The first-order valence-electron chi connectivity index (χ1n) is 8.54. The summed E-state index contributed by atoms with van der Waals surface area (Å²) in [4.78, 5) is 40.5. The van der Waals surface area contributed by atoms with Crippen LogP contribution in [0.5, 0.6) is 0 Å². The van der Waals surface area contributed by atoms with E-state index in [1.165, 1.54) is 5.57 Å². The van der Waals surface area contributed by atoms with Crippen LogP contribution in [0.25, 0.3) is 0 Å². The lowest BCUT2D eigenvalue weighted by atomic mass is 10.1. The van der Waals surface area contributed by atoms with Gasteiger partial charge in [-0.15, -0.1) is 0 Å². The fourth-order valence-electron chi connectivity index (χ4n) is 2.17. The Bertz CT molecular complexity index is 603. The molecular formula is C18H30NO6P. The van der Waals surface area contributed by atoms with Gasteiger partial charge in [0.25, 0.3) is 0 Å². The van der Waals surface area contributed by atoms with Crippen LogP contribution in [0.4, 0.5) is 0 Å². The molecule has 0 spiro atoms. The molecule has 1 atom stereocenters. The number of hydrogen-bond acceptors (Lipinski definition) is 3. The minimum absolute atomic E-state index is 0.0270. The van der Waals surface area contributed by atoms with Crippen LogP contribution >= 0.6 is 7.60 Å². The van der Waals surface area contributed by atoms with Gasteiger partial charge < -0.3 is 20.2 Å². The van der Waals surface area contributed by atoms with Gasteiger partial charge in [-0.1, -0.05) is 35.5 Å². The maximum Gasteiger partial charge on any atom is 0.328 e. The van der Waals surface area contributed by atoms with Gasteiger partial charge in [0.15, 0.2) is 0 Å². The number of nitrogens with one attached hydrogen (secondary N) is 1. The summed E-state index contributed by atoms with van der Waals surface area (Å²) in [7, 11) is -4.53. The highest BCUT2D eigenvalue weighted by atomic mass is 31.2. The molecule has 148 valence electrons. The van der Waals surface area contributed by atoms with Crippen LogP contribution in [0.15, 0.2) is 35.5 Å². The van der Waals surface area contributed by atoms with Crippen molar-refractivity contribution in [1.82, 2.24) is 5.32 Å². The van der Waals surface area contributed by atoms with Gasteiger partial charge in [-0.3, -0.25) is 9.36 Å². The van der Waals surface area contributed by atoms with Crippen molar-refractivity contribution in [3.63, 3.8) is 0 Å². The van der Waals surface area contributed by atoms with E-state index in [0.717, 1.165) is 31.3 Å². The molecule has 26 heavy (non-hydrogen) atoms. The summed E-state index contributed by atoms with van der Waals surface area (Å²) in [5.74, 6) is -2.05. The number of amides is 1. The molecule has 0 aromatic rings. The zero-order valence-electron chi connectivity index (χ0n) is 15.6. The average Bonchev–Trinajstić information content (AvgIpc) is 2.51.